The molecule has 0 spiro atoms. The Hall–Kier alpha value is -1.35. The van der Waals surface area contributed by atoms with Gasteiger partial charge >= 0.3 is 0 Å². The summed E-state index contributed by atoms with van der Waals surface area (Å²) in [6.07, 6.45) is 4.26. The van der Waals surface area contributed by atoms with E-state index in [2.05, 4.69) is 23.5 Å². The number of carbonyl (C=O) groups excluding carboxylic acids is 1. The number of fused-ring (bicyclic) bond motifs is 1. The molecule has 0 saturated carbocycles. The van der Waals surface area contributed by atoms with Gasteiger partial charge in [-0.25, -0.2) is 0 Å². The molecule has 1 N–H and O–H groups in total. The van der Waals surface area contributed by atoms with Gasteiger partial charge < -0.3 is 10.2 Å². The van der Waals surface area contributed by atoms with Crippen LogP contribution in [0.1, 0.15) is 24.0 Å². The number of nitrogens with one attached hydrogen (secondary N) is 1. The maximum absolute atomic E-state index is 11.6. The predicted octanol–water partition coefficient (Wildman–Crippen LogP) is 1.75. The molecule has 3 rings (SSSR count). The van der Waals surface area contributed by atoms with Crippen molar-refractivity contribution in [3.63, 3.8) is 0 Å². The molecule has 3 heteroatoms. The lowest BCUT2D eigenvalue weighted by Gasteiger charge is -2.23. The largest absolute Gasteiger partial charge is 0.317 e. The number of hydrogen-bond acceptors (Lipinski definition) is 2. The summed E-state index contributed by atoms with van der Waals surface area (Å²) in [5.74, 6) is 1.01. The molecule has 18 heavy (non-hydrogen) atoms. The highest BCUT2D eigenvalue weighted by Crippen LogP contribution is 2.30. The molecule has 0 unspecified atom stereocenters. The average molecular weight is 244 g/mol. The Morgan fingerprint density at radius 1 is 1.33 bits per heavy atom. The fraction of sp³-hybridized carbons (Fsp3) is 0.533. The minimum atomic E-state index is 0.212. The summed E-state index contributed by atoms with van der Waals surface area (Å²) in [5, 5.41) is 3.40. The number of carbonyl (C=O) groups is 1. The molecular weight excluding hydrogens is 224 g/mol. The number of rotatable bonds is 2. The average Bonchev–Trinajstić information content (AvgIpc) is 2.67. The van der Waals surface area contributed by atoms with Crippen molar-refractivity contribution in [2.45, 2.75) is 25.7 Å². The second kappa shape index (κ2) is 4.73. The molecule has 1 fully saturated rings. The minimum absolute atomic E-state index is 0.212. The molecule has 1 saturated heterocycles. The molecule has 1 aromatic carbocycles. The van der Waals surface area contributed by atoms with Crippen LogP contribution in [0.2, 0.25) is 0 Å². The molecule has 1 aromatic rings. The van der Waals surface area contributed by atoms with E-state index in [1.807, 2.05) is 7.05 Å². The second-order valence-corrected chi connectivity index (χ2v) is 5.49. The Labute approximate surface area is 108 Å². The molecule has 0 aromatic heterocycles. The highest BCUT2D eigenvalue weighted by atomic mass is 16.2. The van der Waals surface area contributed by atoms with Crippen molar-refractivity contribution >= 4 is 11.6 Å². The van der Waals surface area contributed by atoms with Gasteiger partial charge in [-0.2, -0.15) is 0 Å². The summed E-state index contributed by atoms with van der Waals surface area (Å²) < 4.78 is 0. The predicted molar refractivity (Wildman–Crippen MR) is 72.9 cm³/mol. The van der Waals surface area contributed by atoms with E-state index in [-0.39, 0.29) is 5.91 Å². The third-order valence-corrected chi connectivity index (χ3v) is 4.21. The number of nitrogens with zero attached hydrogens (tertiary/aromatic N) is 1. The first-order valence-corrected chi connectivity index (χ1v) is 6.83. The summed E-state index contributed by atoms with van der Waals surface area (Å²) in [4.78, 5) is 13.4. The van der Waals surface area contributed by atoms with Gasteiger partial charge in [0, 0.05) is 12.7 Å². The van der Waals surface area contributed by atoms with E-state index in [9.17, 15) is 4.79 Å². The van der Waals surface area contributed by atoms with Crippen LogP contribution in [0, 0.1) is 5.92 Å². The van der Waals surface area contributed by atoms with Crippen molar-refractivity contribution in [2.75, 3.05) is 25.0 Å². The quantitative estimate of drug-likeness (QED) is 0.859. The number of piperidine rings is 1. The molecule has 0 aliphatic carbocycles. The van der Waals surface area contributed by atoms with Gasteiger partial charge in [0.05, 0.1) is 6.42 Å². The Bertz CT molecular complexity index is 464. The van der Waals surface area contributed by atoms with Crippen LogP contribution in [0.4, 0.5) is 5.69 Å². The Kier molecular flexibility index (Phi) is 3.08. The molecule has 3 nitrogen and oxygen atoms in total. The molecule has 1 amide bonds. The van der Waals surface area contributed by atoms with E-state index < -0.39 is 0 Å². The van der Waals surface area contributed by atoms with Crippen molar-refractivity contribution in [3.05, 3.63) is 29.3 Å². The van der Waals surface area contributed by atoms with Crippen LogP contribution in [0.5, 0.6) is 0 Å². The van der Waals surface area contributed by atoms with Crippen LogP contribution in [0.25, 0.3) is 0 Å². The molecule has 96 valence electrons. The molecule has 2 heterocycles. The van der Waals surface area contributed by atoms with Gasteiger partial charge in [-0.05, 0) is 55.5 Å². The second-order valence-electron chi connectivity index (χ2n) is 5.49. The highest BCUT2D eigenvalue weighted by molar-refractivity contribution is 6.00. The lowest BCUT2D eigenvalue weighted by Crippen LogP contribution is -2.28. The SMILES string of the molecule is CN1C(=O)Cc2ccc(CC3CCNCC3)cc21. The van der Waals surface area contributed by atoms with E-state index >= 15 is 0 Å². The zero-order chi connectivity index (χ0) is 12.5. The Balaban J connectivity index is 1.76. The molecule has 0 atom stereocenters. The molecule has 2 aliphatic rings. The third-order valence-electron chi connectivity index (χ3n) is 4.21. The molecular formula is C15H20N2O. The zero-order valence-corrected chi connectivity index (χ0v) is 10.9. The lowest BCUT2D eigenvalue weighted by molar-refractivity contribution is -0.117. The maximum Gasteiger partial charge on any atom is 0.231 e. The van der Waals surface area contributed by atoms with Crippen molar-refractivity contribution in [1.82, 2.24) is 5.32 Å². The van der Waals surface area contributed by atoms with Crippen LogP contribution in [-0.4, -0.2) is 26.0 Å². The van der Waals surface area contributed by atoms with Gasteiger partial charge in [0.15, 0.2) is 0 Å². The Morgan fingerprint density at radius 2 is 2.11 bits per heavy atom. The van der Waals surface area contributed by atoms with Gasteiger partial charge in [-0.3, -0.25) is 4.79 Å². The minimum Gasteiger partial charge on any atom is -0.317 e. The third kappa shape index (κ3) is 2.15. The van der Waals surface area contributed by atoms with Gasteiger partial charge in [0.1, 0.15) is 0 Å². The van der Waals surface area contributed by atoms with Crippen molar-refractivity contribution in [3.8, 4) is 0 Å². The lowest BCUT2D eigenvalue weighted by atomic mass is 9.90. The first kappa shape index (κ1) is 11.7. The number of anilines is 1. The van der Waals surface area contributed by atoms with Crippen LogP contribution in [0.3, 0.4) is 0 Å². The monoisotopic (exact) mass is 244 g/mol. The summed E-state index contributed by atoms with van der Waals surface area (Å²) in [6, 6.07) is 6.54. The van der Waals surface area contributed by atoms with Crippen LogP contribution >= 0.6 is 0 Å². The zero-order valence-electron chi connectivity index (χ0n) is 10.9. The normalized spacial score (nSPS) is 20.3. The summed E-state index contributed by atoms with van der Waals surface area (Å²) >= 11 is 0. The smallest absolute Gasteiger partial charge is 0.231 e. The van der Waals surface area contributed by atoms with Crippen molar-refractivity contribution < 1.29 is 4.79 Å². The topological polar surface area (TPSA) is 32.3 Å². The summed E-state index contributed by atoms with van der Waals surface area (Å²) in [6.45, 7) is 2.29. The first-order valence-electron chi connectivity index (χ1n) is 6.83. The van der Waals surface area contributed by atoms with Gasteiger partial charge in [0.2, 0.25) is 5.91 Å². The van der Waals surface area contributed by atoms with E-state index in [0.29, 0.717) is 6.42 Å². The van der Waals surface area contributed by atoms with Gasteiger partial charge in [-0.1, -0.05) is 12.1 Å². The molecule has 0 bridgehead atoms. The molecule has 0 radical (unpaired) electrons. The van der Waals surface area contributed by atoms with E-state index in [0.717, 1.165) is 31.1 Å². The van der Waals surface area contributed by atoms with E-state index in [1.165, 1.54) is 24.0 Å². The maximum atomic E-state index is 11.6. The van der Waals surface area contributed by atoms with Gasteiger partial charge in [0.25, 0.3) is 0 Å². The van der Waals surface area contributed by atoms with Crippen LogP contribution in [-0.2, 0) is 17.6 Å². The fourth-order valence-corrected chi connectivity index (χ4v) is 3.03. The molecule has 2 aliphatic heterocycles. The van der Waals surface area contributed by atoms with Crippen LogP contribution in [0.15, 0.2) is 18.2 Å². The standard InChI is InChI=1S/C15H20N2O/c1-17-14-9-12(2-3-13(14)10-15(17)18)8-11-4-6-16-7-5-11/h2-3,9,11,16H,4-8,10H2,1H3. The van der Waals surface area contributed by atoms with Crippen molar-refractivity contribution in [2.24, 2.45) is 5.92 Å². The van der Waals surface area contributed by atoms with E-state index in [1.54, 1.807) is 4.90 Å². The Morgan fingerprint density at radius 3 is 2.89 bits per heavy atom. The number of likely N-dealkylation sites (N-methyl/N-ethyl adjacent to an activating group) is 1. The number of hydrogen-bond donors (Lipinski definition) is 1. The number of benzene rings is 1. The van der Waals surface area contributed by atoms with Crippen LogP contribution < -0.4 is 10.2 Å². The highest BCUT2D eigenvalue weighted by Gasteiger charge is 2.24. The summed E-state index contributed by atoms with van der Waals surface area (Å²) in [5.41, 5.74) is 3.67. The fourth-order valence-electron chi connectivity index (χ4n) is 3.03. The summed E-state index contributed by atoms with van der Waals surface area (Å²) in [7, 11) is 1.88. The number of amides is 1. The van der Waals surface area contributed by atoms with Crippen molar-refractivity contribution in [1.29, 1.82) is 0 Å². The van der Waals surface area contributed by atoms with Gasteiger partial charge in [-0.15, -0.1) is 0 Å². The van der Waals surface area contributed by atoms with E-state index in [4.69, 9.17) is 0 Å². The first-order chi connectivity index (χ1) is 8.74.